The number of nitrogens with two attached hydrogens (primary N) is 2. The van der Waals surface area contributed by atoms with Gasteiger partial charge in [-0.15, -0.1) is 0 Å². The molecule has 0 radical (unpaired) electrons. The summed E-state index contributed by atoms with van der Waals surface area (Å²) in [6, 6.07) is 10.9. The maximum atomic E-state index is 6.31. The van der Waals surface area contributed by atoms with Gasteiger partial charge in [0.1, 0.15) is 23.1 Å². The van der Waals surface area contributed by atoms with Crippen LogP contribution in [-0.2, 0) is 0 Å². The number of aromatic nitrogens is 4. The lowest BCUT2D eigenvalue weighted by molar-refractivity contribution is 0.356. The quantitative estimate of drug-likeness (QED) is 0.386. The minimum absolute atomic E-state index is 0.361. The Kier molecular flexibility index (Phi) is 4.98. The van der Waals surface area contributed by atoms with E-state index < -0.39 is 0 Å². The fourth-order valence-electron chi connectivity index (χ4n) is 3.65. The van der Waals surface area contributed by atoms with Crippen molar-refractivity contribution in [3.63, 3.8) is 0 Å². The summed E-state index contributed by atoms with van der Waals surface area (Å²) in [6.45, 7) is 0. The van der Waals surface area contributed by atoms with Gasteiger partial charge in [0.25, 0.3) is 0 Å². The Morgan fingerprint density at radius 3 is 2.36 bits per heavy atom. The standard InChI is InChI=1S/C24H20N6O3/c1-31-21-8-17-16-7-19(30-24(26)18(16)12-29-20(17)9-22(21)32-2)13-5-15(11-27-10-13)33-14-3-4-28-23(25)6-14/h3-12H,1-2H3,(H2,25,28)(H2,26,30). The van der Waals surface area contributed by atoms with Crippen LogP contribution in [0.25, 0.3) is 32.9 Å². The van der Waals surface area contributed by atoms with E-state index in [2.05, 4.69) is 19.9 Å². The number of pyridine rings is 4. The van der Waals surface area contributed by atoms with Gasteiger partial charge in [-0.3, -0.25) is 9.97 Å². The second-order valence-electron chi connectivity index (χ2n) is 7.26. The minimum Gasteiger partial charge on any atom is -0.493 e. The molecule has 5 rings (SSSR count). The number of benzene rings is 1. The van der Waals surface area contributed by atoms with Crippen LogP contribution < -0.4 is 25.7 Å². The van der Waals surface area contributed by atoms with Crippen molar-refractivity contribution in [3.05, 3.63) is 61.2 Å². The van der Waals surface area contributed by atoms with Crippen molar-refractivity contribution in [1.82, 2.24) is 19.9 Å². The second-order valence-corrected chi connectivity index (χ2v) is 7.26. The number of ether oxygens (including phenoxy) is 3. The molecule has 0 fully saturated rings. The summed E-state index contributed by atoms with van der Waals surface area (Å²) in [7, 11) is 3.18. The molecule has 0 spiro atoms. The highest BCUT2D eigenvalue weighted by atomic mass is 16.5. The summed E-state index contributed by atoms with van der Waals surface area (Å²) in [4.78, 5) is 17.4. The van der Waals surface area contributed by atoms with E-state index >= 15 is 0 Å². The number of methoxy groups -OCH3 is 2. The van der Waals surface area contributed by atoms with E-state index in [1.54, 1.807) is 51.1 Å². The molecule has 0 unspecified atom stereocenters. The van der Waals surface area contributed by atoms with Gasteiger partial charge in [0.15, 0.2) is 11.5 Å². The van der Waals surface area contributed by atoms with Crippen LogP contribution in [0.3, 0.4) is 0 Å². The molecule has 1 aromatic carbocycles. The number of anilines is 2. The maximum Gasteiger partial charge on any atom is 0.162 e. The zero-order valence-corrected chi connectivity index (χ0v) is 17.9. The third kappa shape index (κ3) is 3.76. The van der Waals surface area contributed by atoms with Crippen LogP contribution in [0.1, 0.15) is 0 Å². The number of fused-ring (bicyclic) bond motifs is 3. The summed E-state index contributed by atoms with van der Waals surface area (Å²) in [6.07, 6.45) is 6.60. The molecule has 4 heterocycles. The van der Waals surface area contributed by atoms with Crippen LogP contribution >= 0.6 is 0 Å². The molecule has 4 N–H and O–H groups in total. The molecular formula is C24H20N6O3. The van der Waals surface area contributed by atoms with Gasteiger partial charge in [0.2, 0.25) is 0 Å². The van der Waals surface area contributed by atoms with Gasteiger partial charge in [-0.2, -0.15) is 0 Å². The molecule has 5 aromatic rings. The van der Waals surface area contributed by atoms with Crippen molar-refractivity contribution in [1.29, 1.82) is 0 Å². The van der Waals surface area contributed by atoms with Crippen molar-refractivity contribution >= 4 is 33.3 Å². The van der Waals surface area contributed by atoms with Gasteiger partial charge in [0, 0.05) is 47.1 Å². The lowest BCUT2D eigenvalue weighted by Crippen LogP contribution is -1.97. The molecule has 33 heavy (non-hydrogen) atoms. The fourth-order valence-corrected chi connectivity index (χ4v) is 3.65. The molecule has 0 aliphatic heterocycles. The Bertz CT molecular complexity index is 1510. The van der Waals surface area contributed by atoms with Crippen LogP contribution in [-0.4, -0.2) is 34.2 Å². The molecule has 9 heteroatoms. The monoisotopic (exact) mass is 440 g/mol. The number of hydrogen-bond donors (Lipinski definition) is 2. The first-order chi connectivity index (χ1) is 16.1. The second kappa shape index (κ2) is 8.12. The molecule has 0 aliphatic carbocycles. The Hall–Kier alpha value is -4.66. The van der Waals surface area contributed by atoms with E-state index in [-0.39, 0.29) is 0 Å². The lowest BCUT2D eigenvalue weighted by Gasteiger charge is -2.12. The van der Waals surface area contributed by atoms with Crippen LogP contribution in [0, 0.1) is 0 Å². The lowest BCUT2D eigenvalue weighted by atomic mass is 10.0. The first-order valence-electron chi connectivity index (χ1n) is 10.0. The summed E-state index contributed by atoms with van der Waals surface area (Å²) in [5, 5.41) is 2.50. The zero-order chi connectivity index (χ0) is 22.9. The zero-order valence-electron chi connectivity index (χ0n) is 17.9. The molecule has 0 bridgehead atoms. The molecule has 0 saturated carbocycles. The normalized spacial score (nSPS) is 11.0. The van der Waals surface area contributed by atoms with Crippen molar-refractivity contribution in [2.45, 2.75) is 0 Å². The van der Waals surface area contributed by atoms with Crippen LogP contribution in [0.5, 0.6) is 23.0 Å². The van der Waals surface area contributed by atoms with Gasteiger partial charge in [-0.1, -0.05) is 0 Å². The third-order valence-electron chi connectivity index (χ3n) is 5.21. The number of hydrogen-bond acceptors (Lipinski definition) is 9. The van der Waals surface area contributed by atoms with Gasteiger partial charge in [0.05, 0.1) is 31.6 Å². The van der Waals surface area contributed by atoms with E-state index in [4.69, 9.17) is 25.7 Å². The largest absolute Gasteiger partial charge is 0.493 e. The fraction of sp³-hybridized carbons (Fsp3) is 0.0833. The Morgan fingerprint density at radius 1 is 0.758 bits per heavy atom. The summed E-state index contributed by atoms with van der Waals surface area (Å²) >= 11 is 0. The molecule has 0 atom stereocenters. The van der Waals surface area contributed by atoms with E-state index in [9.17, 15) is 0 Å². The van der Waals surface area contributed by atoms with Crippen molar-refractivity contribution < 1.29 is 14.2 Å². The SMILES string of the molecule is COc1cc2ncc3c(N)nc(-c4cncc(Oc5ccnc(N)c5)c4)cc3c2cc1OC. The Labute approximate surface area is 189 Å². The molecule has 9 nitrogen and oxygen atoms in total. The van der Waals surface area contributed by atoms with Gasteiger partial charge in [-0.25, -0.2) is 9.97 Å². The van der Waals surface area contributed by atoms with Gasteiger partial charge < -0.3 is 25.7 Å². The van der Waals surface area contributed by atoms with Crippen LogP contribution in [0.15, 0.2) is 61.2 Å². The highest BCUT2D eigenvalue weighted by Crippen LogP contribution is 2.37. The predicted octanol–water partition coefficient (Wildman–Crippen LogP) is 4.21. The summed E-state index contributed by atoms with van der Waals surface area (Å²) in [5.41, 5.74) is 14.2. The van der Waals surface area contributed by atoms with E-state index in [0.717, 1.165) is 27.2 Å². The smallest absolute Gasteiger partial charge is 0.162 e. The van der Waals surface area contributed by atoms with Crippen LogP contribution in [0.4, 0.5) is 11.6 Å². The number of nitrogen functional groups attached to an aromatic ring is 2. The summed E-state index contributed by atoms with van der Waals surface area (Å²) in [5.74, 6) is 3.03. The Morgan fingerprint density at radius 2 is 1.58 bits per heavy atom. The van der Waals surface area contributed by atoms with Crippen molar-refractivity contribution in [2.24, 2.45) is 0 Å². The molecule has 4 aromatic heterocycles. The number of nitrogens with zero attached hydrogens (tertiary/aromatic N) is 4. The van der Waals surface area contributed by atoms with Gasteiger partial charge >= 0.3 is 0 Å². The molecule has 0 amide bonds. The maximum absolute atomic E-state index is 6.31. The average Bonchev–Trinajstić information content (AvgIpc) is 2.83. The summed E-state index contributed by atoms with van der Waals surface area (Å²) < 4.78 is 16.8. The van der Waals surface area contributed by atoms with Crippen molar-refractivity contribution in [2.75, 3.05) is 25.7 Å². The van der Waals surface area contributed by atoms with Crippen LogP contribution in [0.2, 0.25) is 0 Å². The first kappa shape index (κ1) is 20.3. The highest BCUT2D eigenvalue weighted by molar-refractivity contribution is 6.10. The molecule has 0 saturated heterocycles. The first-order valence-corrected chi connectivity index (χ1v) is 10.0. The van der Waals surface area contributed by atoms with E-state index in [1.165, 1.54) is 0 Å². The predicted molar refractivity (Wildman–Crippen MR) is 127 cm³/mol. The highest BCUT2D eigenvalue weighted by Gasteiger charge is 2.14. The third-order valence-corrected chi connectivity index (χ3v) is 5.21. The van der Waals surface area contributed by atoms with Crippen molar-refractivity contribution in [3.8, 4) is 34.3 Å². The topological polar surface area (TPSA) is 131 Å². The van der Waals surface area contributed by atoms with E-state index in [0.29, 0.717) is 40.3 Å². The van der Waals surface area contributed by atoms with Gasteiger partial charge in [-0.05, 0) is 29.7 Å². The molecule has 164 valence electrons. The Balaban J connectivity index is 1.63. The number of rotatable bonds is 5. The molecular weight excluding hydrogens is 420 g/mol. The molecule has 0 aliphatic rings. The van der Waals surface area contributed by atoms with E-state index in [1.807, 2.05) is 24.3 Å². The minimum atomic E-state index is 0.361. The average molecular weight is 440 g/mol.